The van der Waals surface area contributed by atoms with Gasteiger partial charge in [0.15, 0.2) is 0 Å². The minimum Gasteiger partial charge on any atom is -0.462 e. The molecular weight excluding hydrogens is 428 g/mol. The van der Waals surface area contributed by atoms with E-state index < -0.39 is 54.1 Å². The van der Waals surface area contributed by atoms with Crippen LogP contribution in [0.4, 0.5) is 0 Å². The third kappa shape index (κ3) is 6.00. The van der Waals surface area contributed by atoms with Gasteiger partial charge in [-0.3, -0.25) is 9.59 Å². The van der Waals surface area contributed by atoms with Gasteiger partial charge in [-0.2, -0.15) is 0 Å². The van der Waals surface area contributed by atoms with E-state index in [2.05, 4.69) is 15.9 Å². The number of carbonyl (C=O) groups excluding carboxylic acids is 2. The molecule has 0 aliphatic carbocycles. The van der Waals surface area contributed by atoms with Gasteiger partial charge in [0.2, 0.25) is 0 Å². The van der Waals surface area contributed by atoms with E-state index in [0.717, 1.165) is 0 Å². The van der Waals surface area contributed by atoms with Gasteiger partial charge in [-0.05, 0) is 25.7 Å². The molecule has 0 bridgehead atoms. The SMILES string of the molecule is CC1C(=O)O[C@H](CCBr)[C@H](C)[C@H](O)[C@@H](C)C(=O)[C@H](C)C[C@H](C)[C@H](O)[C@@H](C)[C@@H]1O. The Balaban J connectivity index is 3.25. The Bertz CT molecular complexity index is 527. The summed E-state index contributed by atoms with van der Waals surface area (Å²) in [5, 5.41) is 32.6. The zero-order valence-corrected chi connectivity index (χ0v) is 19.4. The Morgan fingerprint density at radius 1 is 0.893 bits per heavy atom. The number of rotatable bonds is 2. The van der Waals surface area contributed by atoms with E-state index in [0.29, 0.717) is 18.2 Å². The van der Waals surface area contributed by atoms with Gasteiger partial charge in [-0.25, -0.2) is 0 Å². The highest BCUT2D eigenvalue weighted by atomic mass is 79.9. The molecule has 0 saturated carbocycles. The summed E-state index contributed by atoms with van der Waals surface area (Å²) in [5.74, 6) is -3.58. The summed E-state index contributed by atoms with van der Waals surface area (Å²) < 4.78 is 5.64. The standard InChI is InChI=1S/C21H37BrO6/c1-10-9-11(2)18(24)14(5)20(26)15(6)21(27)28-16(7-8-22)12(3)19(25)13(4)17(10)23/h10-16,18-20,24-26H,7-9H2,1-6H3/t10-,11+,12+,13+,14-,15?,16-,18+,19+,20+/m1/s1. The van der Waals surface area contributed by atoms with E-state index in [1.165, 1.54) is 0 Å². The number of esters is 1. The van der Waals surface area contributed by atoms with Crippen LogP contribution in [-0.2, 0) is 14.3 Å². The van der Waals surface area contributed by atoms with Crippen molar-refractivity contribution >= 4 is 27.7 Å². The maximum atomic E-state index is 12.8. The summed E-state index contributed by atoms with van der Waals surface area (Å²) in [6.07, 6.45) is -2.52. The van der Waals surface area contributed by atoms with Crippen LogP contribution in [-0.4, -0.2) is 56.8 Å². The molecule has 1 saturated heterocycles. The second kappa shape index (κ2) is 11.0. The largest absolute Gasteiger partial charge is 0.462 e. The van der Waals surface area contributed by atoms with Gasteiger partial charge in [-0.15, -0.1) is 0 Å². The fourth-order valence-electron chi connectivity index (χ4n) is 4.21. The Morgan fingerprint density at radius 2 is 1.43 bits per heavy atom. The van der Waals surface area contributed by atoms with Crippen molar-refractivity contribution in [2.24, 2.45) is 35.5 Å². The lowest BCUT2D eigenvalue weighted by atomic mass is 9.77. The van der Waals surface area contributed by atoms with Crippen molar-refractivity contribution in [1.82, 2.24) is 0 Å². The Morgan fingerprint density at radius 3 is 1.96 bits per heavy atom. The number of alkyl halides is 1. The van der Waals surface area contributed by atoms with Crippen LogP contribution in [0.3, 0.4) is 0 Å². The minimum absolute atomic E-state index is 0.0686. The monoisotopic (exact) mass is 464 g/mol. The quantitative estimate of drug-likeness (QED) is 0.428. The van der Waals surface area contributed by atoms with E-state index >= 15 is 0 Å². The lowest BCUT2D eigenvalue weighted by Gasteiger charge is -2.36. The van der Waals surface area contributed by atoms with Crippen LogP contribution in [0.1, 0.15) is 54.4 Å². The number of hydrogen-bond acceptors (Lipinski definition) is 6. The number of cyclic esters (lactones) is 1. The highest BCUT2D eigenvalue weighted by Gasteiger charge is 2.40. The van der Waals surface area contributed by atoms with E-state index in [9.17, 15) is 24.9 Å². The van der Waals surface area contributed by atoms with E-state index in [1.807, 2.05) is 13.8 Å². The fraction of sp³-hybridized carbons (Fsp3) is 0.905. The molecule has 164 valence electrons. The number of hydrogen-bond donors (Lipinski definition) is 3. The van der Waals surface area contributed by atoms with Crippen molar-refractivity contribution in [3.63, 3.8) is 0 Å². The topological polar surface area (TPSA) is 104 Å². The highest BCUT2D eigenvalue weighted by molar-refractivity contribution is 9.09. The zero-order valence-electron chi connectivity index (χ0n) is 17.8. The van der Waals surface area contributed by atoms with E-state index in [-0.39, 0.29) is 17.6 Å². The second-order valence-electron chi connectivity index (χ2n) is 8.74. The average Bonchev–Trinajstić information content (AvgIpc) is 2.67. The first kappa shape index (κ1) is 25.5. The lowest BCUT2D eigenvalue weighted by Crippen LogP contribution is -2.45. The molecule has 0 amide bonds. The van der Waals surface area contributed by atoms with Gasteiger partial charge in [0.1, 0.15) is 11.9 Å². The summed E-state index contributed by atoms with van der Waals surface area (Å²) >= 11 is 3.35. The van der Waals surface area contributed by atoms with Gasteiger partial charge >= 0.3 is 5.97 Å². The third-order valence-corrected chi connectivity index (χ3v) is 6.96. The van der Waals surface area contributed by atoms with Crippen LogP contribution in [0, 0.1) is 35.5 Å². The van der Waals surface area contributed by atoms with Gasteiger partial charge in [0.05, 0.1) is 24.2 Å². The van der Waals surface area contributed by atoms with Crippen LogP contribution >= 0.6 is 15.9 Å². The molecule has 0 radical (unpaired) electrons. The molecule has 28 heavy (non-hydrogen) atoms. The number of halogens is 1. The Hall–Kier alpha value is -0.500. The maximum absolute atomic E-state index is 12.8. The first-order valence-corrected chi connectivity index (χ1v) is 11.4. The van der Waals surface area contributed by atoms with Crippen molar-refractivity contribution in [3.05, 3.63) is 0 Å². The lowest BCUT2D eigenvalue weighted by molar-refractivity contribution is -0.166. The molecular formula is C21H37BrO6. The average molecular weight is 465 g/mol. The molecule has 6 nitrogen and oxygen atoms in total. The molecule has 0 aromatic rings. The van der Waals surface area contributed by atoms with Crippen molar-refractivity contribution in [2.75, 3.05) is 5.33 Å². The second-order valence-corrected chi connectivity index (χ2v) is 9.53. The summed E-state index contributed by atoms with van der Waals surface area (Å²) in [5.41, 5.74) is 0. The van der Waals surface area contributed by atoms with Crippen LogP contribution in [0.5, 0.6) is 0 Å². The molecule has 0 spiro atoms. The first-order chi connectivity index (χ1) is 12.9. The Labute approximate surface area is 177 Å². The number of aliphatic hydroxyl groups excluding tert-OH is 3. The third-order valence-electron chi connectivity index (χ3n) is 6.50. The summed E-state index contributed by atoms with van der Waals surface area (Å²) in [4.78, 5) is 25.5. The predicted molar refractivity (Wildman–Crippen MR) is 111 cm³/mol. The van der Waals surface area contributed by atoms with Crippen LogP contribution in [0.25, 0.3) is 0 Å². The van der Waals surface area contributed by atoms with E-state index in [4.69, 9.17) is 4.74 Å². The number of carbonyl (C=O) groups is 2. The van der Waals surface area contributed by atoms with Crippen molar-refractivity contribution < 1.29 is 29.6 Å². The van der Waals surface area contributed by atoms with Crippen LogP contribution in [0.15, 0.2) is 0 Å². The van der Waals surface area contributed by atoms with Crippen LogP contribution < -0.4 is 0 Å². The summed E-state index contributed by atoms with van der Waals surface area (Å²) in [6.45, 7) is 10.4. The van der Waals surface area contributed by atoms with Crippen molar-refractivity contribution in [1.29, 1.82) is 0 Å². The number of ether oxygens (including phenoxy) is 1. The normalized spacial score (nSPS) is 44.6. The van der Waals surface area contributed by atoms with Crippen molar-refractivity contribution in [3.8, 4) is 0 Å². The summed E-state index contributed by atoms with van der Waals surface area (Å²) in [7, 11) is 0. The summed E-state index contributed by atoms with van der Waals surface area (Å²) in [6, 6.07) is 0. The molecule has 1 aliphatic rings. The molecule has 1 fully saturated rings. The molecule has 7 heteroatoms. The minimum atomic E-state index is -1.07. The molecule has 0 aromatic carbocycles. The van der Waals surface area contributed by atoms with Gasteiger partial charge in [-0.1, -0.05) is 50.5 Å². The van der Waals surface area contributed by atoms with E-state index in [1.54, 1.807) is 27.7 Å². The molecule has 1 unspecified atom stereocenters. The first-order valence-electron chi connectivity index (χ1n) is 10.3. The molecule has 10 atom stereocenters. The Kier molecular flexibility index (Phi) is 10.1. The van der Waals surface area contributed by atoms with Crippen LogP contribution in [0.2, 0.25) is 0 Å². The molecule has 3 N–H and O–H groups in total. The van der Waals surface area contributed by atoms with Gasteiger partial charge in [0.25, 0.3) is 0 Å². The zero-order chi connectivity index (χ0) is 21.8. The molecule has 0 aromatic heterocycles. The van der Waals surface area contributed by atoms with Crippen molar-refractivity contribution in [2.45, 2.75) is 78.8 Å². The van der Waals surface area contributed by atoms with Gasteiger partial charge < -0.3 is 20.1 Å². The predicted octanol–water partition coefficient (Wildman–Crippen LogP) is 2.56. The number of ketones is 1. The molecule has 1 aliphatic heterocycles. The highest BCUT2D eigenvalue weighted by Crippen LogP contribution is 2.31. The molecule has 1 heterocycles. The number of Topliss-reactive ketones (excluding diaryl/α,β-unsaturated/α-hetero) is 1. The number of aliphatic hydroxyl groups is 3. The fourth-order valence-corrected chi connectivity index (χ4v) is 4.67. The van der Waals surface area contributed by atoms with Gasteiger partial charge in [0, 0.05) is 29.0 Å². The maximum Gasteiger partial charge on any atom is 0.311 e. The molecule has 1 rings (SSSR count). The smallest absolute Gasteiger partial charge is 0.311 e.